The van der Waals surface area contributed by atoms with Crippen molar-refractivity contribution in [3.63, 3.8) is 0 Å². The normalized spacial score (nSPS) is 29.9. The van der Waals surface area contributed by atoms with Crippen molar-refractivity contribution in [3.8, 4) is 0 Å². The minimum Gasteiger partial charge on any atom is -0.228 e. The van der Waals surface area contributed by atoms with Gasteiger partial charge in [0.1, 0.15) is 0 Å². The average molecular weight is 268 g/mol. The predicted molar refractivity (Wildman–Crippen MR) is 71.8 cm³/mol. The van der Waals surface area contributed by atoms with Crippen LogP contribution in [-0.2, 0) is 9.84 Å². The van der Waals surface area contributed by atoms with E-state index >= 15 is 0 Å². The van der Waals surface area contributed by atoms with Crippen molar-refractivity contribution in [1.29, 1.82) is 0 Å². The molecule has 5 heteroatoms. The Kier molecular flexibility index (Phi) is 4.46. The SMILES string of the molecule is CC(C)(C)S(=O)(=O)C1CCSCC(S)C1. The molecular formula is C10H20O2S3. The second-order valence-electron chi connectivity index (χ2n) is 5.03. The zero-order valence-electron chi connectivity index (χ0n) is 9.56. The second-order valence-corrected chi connectivity index (χ2v) is 9.89. The largest absolute Gasteiger partial charge is 0.228 e. The van der Waals surface area contributed by atoms with Crippen molar-refractivity contribution < 1.29 is 8.42 Å². The van der Waals surface area contributed by atoms with Gasteiger partial charge in [0.25, 0.3) is 0 Å². The summed E-state index contributed by atoms with van der Waals surface area (Å²) in [6.45, 7) is 5.36. The van der Waals surface area contributed by atoms with Crippen molar-refractivity contribution in [2.24, 2.45) is 0 Å². The first-order valence-electron chi connectivity index (χ1n) is 5.24. The van der Waals surface area contributed by atoms with Gasteiger partial charge in [-0.25, -0.2) is 8.42 Å². The molecule has 15 heavy (non-hydrogen) atoms. The van der Waals surface area contributed by atoms with E-state index in [4.69, 9.17) is 0 Å². The summed E-state index contributed by atoms with van der Waals surface area (Å²) in [5.41, 5.74) is 0. The number of rotatable bonds is 1. The van der Waals surface area contributed by atoms with E-state index in [0.29, 0.717) is 6.42 Å². The Bertz CT molecular complexity index is 303. The molecule has 0 aromatic rings. The van der Waals surface area contributed by atoms with Crippen molar-refractivity contribution in [2.45, 2.75) is 48.9 Å². The monoisotopic (exact) mass is 268 g/mol. The summed E-state index contributed by atoms with van der Waals surface area (Å²) >= 11 is 6.25. The average Bonchev–Trinajstić information content (AvgIpc) is 2.27. The lowest BCUT2D eigenvalue weighted by atomic mass is 10.2. The first-order valence-corrected chi connectivity index (χ1v) is 8.46. The van der Waals surface area contributed by atoms with Gasteiger partial charge in [0.15, 0.2) is 9.84 Å². The number of hydrogen-bond donors (Lipinski definition) is 1. The van der Waals surface area contributed by atoms with Gasteiger partial charge in [-0.1, -0.05) is 0 Å². The van der Waals surface area contributed by atoms with Crippen LogP contribution in [0, 0.1) is 0 Å². The quantitative estimate of drug-likeness (QED) is 0.742. The van der Waals surface area contributed by atoms with Crippen molar-refractivity contribution in [1.82, 2.24) is 0 Å². The fourth-order valence-electron chi connectivity index (χ4n) is 1.71. The first-order chi connectivity index (χ1) is 6.75. The van der Waals surface area contributed by atoms with Crippen molar-refractivity contribution >= 4 is 34.2 Å². The van der Waals surface area contributed by atoms with E-state index in [1.807, 2.05) is 11.8 Å². The minimum atomic E-state index is -3.02. The molecule has 2 nitrogen and oxygen atoms in total. The van der Waals surface area contributed by atoms with E-state index in [2.05, 4.69) is 12.6 Å². The molecule has 2 atom stereocenters. The summed E-state index contributed by atoms with van der Waals surface area (Å²) in [7, 11) is -3.02. The standard InChI is InChI=1S/C10H20O2S3/c1-10(2,3)15(11,12)9-4-5-14-7-8(13)6-9/h8-9,13H,4-7H2,1-3H3. The molecule has 0 amide bonds. The molecule has 1 aliphatic heterocycles. The van der Waals surface area contributed by atoms with E-state index in [-0.39, 0.29) is 10.5 Å². The van der Waals surface area contributed by atoms with Gasteiger partial charge in [-0.05, 0) is 39.4 Å². The molecule has 1 saturated heterocycles. The molecule has 0 N–H and O–H groups in total. The summed E-state index contributed by atoms with van der Waals surface area (Å²) in [6.07, 6.45) is 1.48. The lowest BCUT2D eigenvalue weighted by molar-refractivity contribution is 0.534. The van der Waals surface area contributed by atoms with Crippen molar-refractivity contribution in [2.75, 3.05) is 11.5 Å². The summed E-state index contributed by atoms with van der Waals surface area (Å²) in [4.78, 5) is 0. The molecule has 0 saturated carbocycles. The van der Waals surface area contributed by atoms with E-state index in [9.17, 15) is 8.42 Å². The fraction of sp³-hybridized carbons (Fsp3) is 1.00. The number of hydrogen-bond acceptors (Lipinski definition) is 4. The molecule has 0 bridgehead atoms. The molecule has 1 fully saturated rings. The Morgan fingerprint density at radius 1 is 1.33 bits per heavy atom. The third-order valence-electron chi connectivity index (χ3n) is 2.72. The molecule has 0 aliphatic carbocycles. The van der Waals surface area contributed by atoms with Crippen LogP contribution in [0.3, 0.4) is 0 Å². The number of thiol groups is 1. The Labute approximate surface area is 103 Å². The third-order valence-corrected chi connectivity index (χ3v) is 7.54. The highest BCUT2D eigenvalue weighted by atomic mass is 32.2. The van der Waals surface area contributed by atoms with Gasteiger partial charge < -0.3 is 0 Å². The summed E-state index contributed by atoms with van der Waals surface area (Å²) in [6, 6.07) is 0. The Balaban J connectivity index is 2.86. The lowest BCUT2D eigenvalue weighted by Crippen LogP contribution is -2.38. The Hall–Kier alpha value is 0.650. The molecule has 1 rings (SSSR count). The summed E-state index contributed by atoms with van der Waals surface area (Å²) < 4.78 is 23.9. The van der Waals surface area contributed by atoms with Crippen LogP contribution in [0.5, 0.6) is 0 Å². The first kappa shape index (κ1) is 13.7. The van der Waals surface area contributed by atoms with E-state index in [1.54, 1.807) is 20.8 Å². The van der Waals surface area contributed by atoms with Gasteiger partial charge in [-0.3, -0.25) is 0 Å². The predicted octanol–water partition coefficient (Wildman–Crippen LogP) is 2.39. The molecular weight excluding hydrogens is 248 g/mol. The van der Waals surface area contributed by atoms with Gasteiger partial charge in [-0.2, -0.15) is 24.4 Å². The topological polar surface area (TPSA) is 34.1 Å². The highest BCUT2D eigenvalue weighted by molar-refractivity contribution is 8.00. The Morgan fingerprint density at radius 2 is 1.93 bits per heavy atom. The van der Waals surface area contributed by atoms with Crippen LogP contribution in [-0.4, -0.2) is 35.2 Å². The highest BCUT2D eigenvalue weighted by Crippen LogP contribution is 2.31. The molecule has 2 unspecified atom stereocenters. The van der Waals surface area contributed by atoms with Gasteiger partial charge >= 0.3 is 0 Å². The van der Waals surface area contributed by atoms with Crippen LogP contribution in [0.15, 0.2) is 0 Å². The smallest absolute Gasteiger partial charge is 0.158 e. The molecule has 0 aromatic carbocycles. The van der Waals surface area contributed by atoms with Crippen LogP contribution in [0.4, 0.5) is 0 Å². The minimum absolute atomic E-state index is 0.199. The second kappa shape index (κ2) is 4.88. The Morgan fingerprint density at radius 3 is 2.47 bits per heavy atom. The van der Waals surface area contributed by atoms with Crippen LogP contribution < -0.4 is 0 Å². The van der Waals surface area contributed by atoms with Crippen LogP contribution >= 0.6 is 24.4 Å². The molecule has 1 aliphatic rings. The molecule has 90 valence electrons. The molecule has 0 spiro atoms. The van der Waals surface area contributed by atoms with Crippen molar-refractivity contribution in [3.05, 3.63) is 0 Å². The summed E-state index contributed by atoms with van der Waals surface area (Å²) in [5.74, 6) is 1.91. The maximum Gasteiger partial charge on any atom is 0.158 e. The molecule has 0 aromatic heterocycles. The van der Waals surface area contributed by atoms with Gasteiger partial charge in [0.2, 0.25) is 0 Å². The number of sulfone groups is 1. The number of thioether (sulfide) groups is 1. The van der Waals surface area contributed by atoms with Gasteiger partial charge in [-0.15, -0.1) is 0 Å². The summed E-state index contributed by atoms with van der Waals surface area (Å²) in [5, 5.41) is 0.0228. The zero-order valence-corrected chi connectivity index (χ0v) is 12.1. The zero-order chi connectivity index (χ0) is 11.7. The maximum atomic E-state index is 12.3. The van der Waals surface area contributed by atoms with Gasteiger partial charge in [0, 0.05) is 11.0 Å². The van der Waals surface area contributed by atoms with Crippen LogP contribution in [0.1, 0.15) is 33.6 Å². The van der Waals surface area contributed by atoms with Crippen LogP contribution in [0.25, 0.3) is 0 Å². The van der Waals surface area contributed by atoms with E-state index in [0.717, 1.165) is 17.9 Å². The molecule has 0 radical (unpaired) electrons. The van der Waals surface area contributed by atoms with Gasteiger partial charge in [0.05, 0.1) is 10.00 Å². The van der Waals surface area contributed by atoms with E-state index < -0.39 is 14.6 Å². The van der Waals surface area contributed by atoms with E-state index in [1.165, 1.54) is 0 Å². The highest BCUT2D eigenvalue weighted by Gasteiger charge is 2.38. The maximum absolute atomic E-state index is 12.3. The molecule has 1 heterocycles. The third kappa shape index (κ3) is 3.30. The fourth-order valence-corrected chi connectivity index (χ4v) is 5.51. The van der Waals surface area contributed by atoms with Crippen LogP contribution in [0.2, 0.25) is 0 Å². The lowest BCUT2D eigenvalue weighted by Gasteiger charge is -2.26.